The van der Waals surface area contributed by atoms with Crippen LogP contribution in [0.3, 0.4) is 0 Å². The first-order valence-corrected chi connectivity index (χ1v) is 12.0. The maximum atomic E-state index is 13.1. The van der Waals surface area contributed by atoms with Crippen LogP contribution in [0, 0.1) is 0 Å². The number of halogens is 1. The van der Waals surface area contributed by atoms with Gasteiger partial charge in [-0.15, -0.1) is 0 Å². The summed E-state index contributed by atoms with van der Waals surface area (Å²) in [5.74, 6) is -1.06. The molecule has 0 saturated carbocycles. The lowest BCUT2D eigenvalue weighted by molar-refractivity contribution is -0.149. The summed E-state index contributed by atoms with van der Waals surface area (Å²) in [6.45, 7) is 0.449. The number of benzene rings is 3. The smallest absolute Gasteiger partial charge is 0.409 e. The fraction of sp³-hybridized carbons (Fsp3) is 0.259. The third-order valence-corrected chi connectivity index (χ3v) is 7.14. The van der Waals surface area contributed by atoms with Gasteiger partial charge in [-0.25, -0.2) is 9.59 Å². The van der Waals surface area contributed by atoms with Crippen molar-refractivity contribution in [2.75, 3.05) is 26.3 Å². The number of amides is 1. The van der Waals surface area contributed by atoms with Crippen LogP contribution in [0.15, 0.2) is 77.3 Å². The molecule has 3 aromatic rings. The van der Waals surface area contributed by atoms with Gasteiger partial charge in [-0.2, -0.15) is 0 Å². The summed E-state index contributed by atoms with van der Waals surface area (Å²) in [6, 6.07) is 24.0. The number of ether oxygens (including phenoxy) is 2. The van der Waals surface area contributed by atoms with E-state index >= 15 is 0 Å². The standard InChI is InChI=1S/C27H24BrNO5/c28-19-7-5-6-18(14-19)27(34-16-25(30)31)12-13-29(17-27)26(32)33-15-24-22-10-3-1-8-20(22)21-9-2-4-11-23(21)24/h1-11,14,24H,12-13,15-17H2,(H,30,31). The number of nitrogens with zero attached hydrogens (tertiary/aromatic N) is 1. The van der Waals surface area contributed by atoms with Gasteiger partial charge < -0.3 is 19.5 Å². The van der Waals surface area contributed by atoms with E-state index < -0.39 is 24.3 Å². The molecule has 1 atom stereocenters. The van der Waals surface area contributed by atoms with E-state index in [1.807, 2.05) is 48.5 Å². The van der Waals surface area contributed by atoms with Crippen LogP contribution in [0.5, 0.6) is 0 Å². The quantitative estimate of drug-likeness (QED) is 0.469. The molecule has 5 rings (SSSR count). The Hall–Kier alpha value is -3.16. The molecule has 34 heavy (non-hydrogen) atoms. The summed E-state index contributed by atoms with van der Waals surface area (Å²) in [5.41, 5.74) is 4.61. The van der Waals surface area contributed by atoms with E-state index in [2.05, 4.69) is 40.2 Å². The van der Waals surface area contributed by atoms with Crippen LogP contribution < -0.4 is 0 Å². The molecular weight excluding hydrogens is 498 g/mol. The number of carbonyl (C=O) groups excluding carboxylic acids is 1. The molecule has 0 spiro atoms. The molecule has 1 amide bonds. The highest BCUT2D eigenvalue weighted by molar-refractivity contribution is 9.10. The Morgan fingerprint density at radius 1 is 1.00 bits per heavy atom. The zero-order valence-corrected chi connectivity index (χ0v) is 20.0. The minimum atomic E-state index is -1.05. The average molecular weight is 522 g/mol. The number of hydrogen-bond acceptors (Lipinski definition) is 4. The van der Waals surface area contributed by atoms with Gasteiger partial charge in [0.25, 0.3) is 0 Å². The zero-order chi connectivity index (χ0) is 23.7. The molecular formula is C27H24BrNO5. The third-order valence-electron chi connectivity index (χ3n) is 6.65. The maximum absolute atomic E-state index is 13.1. The van der Waals surface area contributed by atoms with Crippen LogP contribution in [0.4, 0.5) is 4.79 Å². The van der Waals surface area contributed by atoms with Crippen molar-refractivity contribution in [3.8, 4) is 11.1 Å². The number of likely N-dealkylation sites (tertiary alicyclic amines) is 1. The number of fused-ring (bicyclic) bond motifs is 3. The van der Waals surface area contributed by atoms with Crippen LogP contribution in [0.2, 0.25) is 0 Å². The van der Waals surface area contributed by atoms with Gasteiger partial charge in [-0.05, 0) is 39.9 Å². The fourth-order valence-electron chi connectivity index (χ4n) is 5.03. The number of hydrogen-bond donors (Lipinski definition) is 1. The number of rotatable bonds is 6. The van der Waals surface area contributed by atoms with Crippen LogP contribution in [-0.4, -0.2) is 48.4 Å². The lowest BCUT2D eigenvalue weighted by Gasteiger charge is -2.29. The fourth-order valence-corrected chi connectivity index (χ4v) is 5.43. The van der Waals surface area contributed by atoms with Gasteiger partial charge >= 0.3 is 12.1 Å². The summed E-state index contributed by atoms with van der Waals surface area (Å²) in [4.78, 5) is 25.9. The molecule has 1 saturated heterocycles. The first-order chi connectivity index (χ1) is 16.5. The predicted octanol–water partition coefficient (Wildman–Crippen LogP) is 5.40. The Labute approximate surface area is 206 Å². The van der Waals surface area contributed by atoms with Crippen LogP contribution in [0.25, 0.3) is 11.1 Å². The average Bonchev–Trinajstić information content (AvgIpc) is 3.42. The summed E-state index contributed by atoms with van der Waals surface area (Å²) < 4.78 is 12.5. The molecule has 0 aromatic heterocycles. The minimum Gasteiger partial charge on any atom is -0.480 e. The molecule has 174 valence electrons. The van der Waals surface area contributed by atoms with Crippen molar-refractivity contribution in [1.82, 2.24) is 4.90 Å². The van der Waals surface area contributed by atoms with E-state index in [1.165, 1.54) is 11.1 Å². The third kappa shape index (κ3) is 4.21. The second-order valence-electron chi connectivity index (χ2n) is 8.66. The highest BCUT2D eigenvalue weighted by Gasteiger charge is 2.44. The summed E-state index contributed by atoms with van der Waals surface area (Å²) in [7, 11) is 0. The first kappa shape index (κ1) is 22.6. The summed E-state index contributed by atoms with van der Waals surface area (Å²) >= 11 is 3.47. The molecule has 6 nitrogen and oxygen atoms in total. The Kier molecular flexibility index (Phi) is 6.15. The molecule has 1 fully saturated rings. The Bertz CT molecular complexity index is 1200. The van der Waals surface area contributed by atoms with Gasteiger partial charge in [0.05, 0.1) is 6.54 Å². The molecule has 7 heteroatoms. The van der Waals surface area contributed by atoms with Crippen LogP contribution in [0.1, 0.15) is 29.0 Å². The van der Waals surface area contributed by atoms with Crippen molar-refractivity contribution >= 4 is 28.0 Å². The molecule has 1 N–H and O–H groups in total. The van der Waals surface area contributed by atoms with Crippen molar-refractivity contribution in [2.24, 2.45) is 0 Å². The molecule has 3 aromatic carbocycles. The molecule has 0 bridgehead atoms. The number of carboxylic acids is 1. The second-order valence-corrected chi connectivity index (χ2v) is 9.58. The zero-order valence-electron chi connectivity index (χ0n) is 18.4. The second kappa shape index (κ2) is 9.24. The molecule has 1 aliphatic heterocycles. The topological polar surface area (TPSA) is 76.1 Å². The van der Waals surface area contributed by atoms with Crippen molar-refractivity contribution in [2.45, 2.75) is 17.9 Å². The Morgan fingerprint density at radius 3 is 2.32 bits per heavy atom. The Balaban J connectivity index is 1.32. The van der Waals surface area contributed by atoms with Crippen molar-refractivity contribution < 1.29 is 24.2 Å². The van der Waals surface area contributed by atoms with Gasteiger partial charge in [0.15, 0.2) is 0 Å². The SMILES string of the molecule is O=C(O)COC1(c2cccc(Br)c2)CCN(C(=O)OCC2c3ccccc3-c3ccccc32)C1. The van der Waals surface area contributed by atoms with Gasteiger partial charge in [-0.3, -0.25) is 0 Å². The van der Waals surface area contributed by atoms with E-state index in [9.17, 15) is 14.7 Å². The van der Waals surface area contributed by atoms with Crippen LogP contribution >= 0.6 is 15.9 Å². The monoisotopic (exact) mass is 521 g/mol. The molecule has 2 aliphatic rings. The molecule has 1 unspecified atom stereocenters. The van der Waals surface area contributed by atoms with E-state index in [4.69, 9.17) is 9.47 Å². The summed E-state index contributed by atoms with van der Waals surface area (Å²) in [6.07, 6.45) is 0.0682. The molecule has 0 radical (unpaired) electrons. The largest absolute Gasteiger partial charge is 0.480 e. The van der Waals surface area contributed by atoms with Crippen molar-refractivity contribution in [3.05, 3.63) is 94.0 Å². The normalized spacial score (nSPS) is 19.0. The lowest BCUT2D eigenvalue weighted by Crippen LogP contribution is -2.38. The van der Waals surface area contributed by atoms with E-state index in [0.717, 1.165) is 21.2 Å². The first-order valence-electron chi connectivity index (χ1n) is 11.2. The van der Waals surface area contributed by atoms with E-state index in [1.54, 1.807) is 4.90 Å². The minimum absolute atomic E-state index is 0.0166. The maximum Gasteiger partial charge on any atom is 0.409 e. The van der Waals surface area contributed by atoms with Gasteiger partial charge in [0.1, 0.15) is 18.8 Å². The molecule has 1 heterocycles. The predicted molar refractivity (Wildman–Crippen MR) is 131 cm³/mol. The number of carboxylic acid groups (broad SMARTS) is 1. The van der Waals surface area contributed by atoms with Gasteiger partial charge in [-0.1, -0.05) is 76.6 Å². The van der Waals surface area contributed by atoms with Crippen molar-refractivity contribution in [1.29, 1.82) is 0 Å². The summed E-state index contributed by atoms with van der Waals surface area (Å²) in [5, 5.41) is 9.19. The lowest BCUT2D eigenvalue weighted by atomic mass is 9.92. The highest BCUT2D eigenvalue weighted by atomic mass is 79.9. The molecule has 1 aliphatic carbocycles. The Morgan fingerprint density at radius 2 is 1.68 bits per heavy atom. The van der Waals surface area contributed by atoms with Crippen LogP contribution in [-0.2, 0) is 19.9 Å². The number of aliphatic carboxylic acids is 1. The van der Waals surface area contributed by atoms with Gasteiger partial charge in [0.2, 0.25) is 0 Å². The van der Waals surface area contributed by atoms with E-state index in [0.29, 0.717) is 13.0 Å². The van der Waals surface area contributed by atoms with Crippen molar-refractivity contribution in [3.63, 3.8) is 0 Å². The van der Waals surface area contributed by atoms with E-state index in [-0.39, 0.29) is 19.1 Å². The number of carbonyl (C=O) groups is 2. The highest BCUT2D eigenvalue weighted by Crippen LogP contribution is 2.44. The van der Waals surface area contributed by atoms with Gasteiger partial charge in [0, 0.05) is 23.4 Å².